The average Bonchev–Trinajstić information content (AvgIpc) is 2.81. The van der Waals surface area contributed by atoms with E-state index in [0.717, 1.165) is 47.8 Å². The van der Waals surface area contributed by atoms with Crippen molar-refractivity contribution in [2.45, 2.75) is 40.2 Å². The zero-order chi connectivity index (χ0) is 13.8. The van der Waals surface area contributed by atoms with Crippen LogP contribution in [0.1, 0.15) is 36.0 Å². The Morgan fingerprint density at radius 3 is 2.74 bits per heavy atom. The molecule has 0 amide bonds. The topological polar surface area (TPSA) is 39.9 Å². The molecule has 2 rings (SSSR count). The van der Waals surface area contributed by atoms with E-state index in [0.29, 0.717) is 0 Å². The first-order valence-corrected chi connectivity index (χ1v) is 6.66. The van der Waals surface area contributed by atoms with Crippen LogP contribution in [0.15, 0.2) is 18.6 Å². The number of methoxy groups -OCH3 is 1. The Balaban J connectivity index is 2.31. The zero-order valence-electron chi connectivity index (χ0n) is 12.1. The van der Waals surface area contributed by atoms with Gasteiger partial charge in [-0.15, -0.1) is 0 Å². The SMILES string of the molecule is CCCc1nccn1Cc1ncc(C)c(OC)c1C. The van der Waals surface area contributed by atoms with Gasteiger partial charge in [0.15, 0.2) is 0 Å². The molecule has 0 aliphatic heterocycles. The molecule has 0 unspecified atom stereocenters. The number of nitrogens with zero attached hydrogens (tertiary/aromatic N) is 3. The standard InChI is InChI=1S/C15H21N3O/c1-5-6-14-16-7-8-18(14)10-13-12(3)15(19-4)11(2)9-17-13/h7-9H,5-6,10H2,1-4H3. The predicted octanol–water partition coefficient (Wildman–Crippen LogP) is 2.90. The fourth-order valence-corrected chi connectivity index (χ4v) is 2.33. The summed E-state index contributed by atoms with van der Waals surface area (Å²) < 4.78 is 7.61. The van der Waals surface area contributed by atoms with Gasteiger partial charge in [-0.1, -0.05) is 6.92 Å². The second-order valence-corrected chi connectivity index (χ2v) is 4.77. The third-order valence-corrected chi connectivity index (χ3v) is 3.35. The maximum atomic E-state index is 5.45. The van der Waals surface area contributed by atoms with E-state index in [2.05, 4.69) is 28.4 Å². The summed E-state index contributed by atoms with van der Waals surface area (Å²) in [5, 5.41) is 0. The van der Waals surface area contributed by atoms with Gasteiger partial charge in [0.05, 0.1) is 19.3 Å². The minimum absolute atomic E-state index is 0.748. The first-order chi connectivity index (χ1) is 9.17. The van der Waals surface area contributed by atoms with Crippen molar-refractivity contribution in [2.24, 2.45) is 0 Å². The van der Waals surface area contributed by atoms with Crippen molar-refractivity contribution >= 4 is 0 Å². The van der Waals surface area contributed by atoms with Crippen LogP contribution in [0.3, 0.4) is 0 Å². The molecule has 0 aromatic carbocycles. The molecule has 0 spiro atoms. The molecule has 2 heterocycles. The lowest BCUT2D eigenvalue weighted by molar-refractivity contribution is 0.406. The Labute approximate surface area is 114 Å². The van der Waals surface area contributed by atoms with Gasteiger partial charge >= 0.3 is 0 Å². The van der Waals surface area contributed by atoms with Crippen LogP contribution in [0.5, 0.6) is 5.75 Å². The fourth-order valence-electron chi connectivity index (χ4n) is 2.33. The molecular formula is C15H21N3O. The molecule has 2 aromatic rings. The number of ether oxygens (including phenoxy) is 1. The van der Waals surface area contributed by atoms with Crippen molar-refractivity contribution in [3.05, 3.63) is 41.2 Å². The number of rotatable bonds is 5. The highest BCUT2D eigenvalue weighted by Gasteiger charge is 2.11. The molecule has 4 nitrogen and oxygen atoms in total. The van der Waals surface area contributed by atoms with Gasteiger partial charge in [-0.25, -0.2) is 4.98 Å². The fraction of sp³-hybridized carbons (Fsp3) is 0.467. The average molecular weight is 259 g/mol. The van der Waals surface area contributed by atoms with Gasteiger partial charge < -0.3 is 9.30 Å². The van der Waals surface area contributed by atoms with Crippen LogP contribution in [0, 0.1) is 13.8 Å². The molecule has 102 valence electrons. The summed E-state index contributed by atoms with van der Waals surface area (Å²) in [6.45, 7) is 6.99. The Kier molecular flexibility index (Phi) is 4.20. The van der Waals surface area contributed by atoms with E-state index in [1.165, 1.54) is 0 Å². The highest BCUT2D eigenvalue weighted by Crippen LogP contribution is 2.24. The Bertz CT molecular complexity index is 561. The quantitative estimate of drug-likeness (QED) is 0.829. The number of imidazole rings is 1. The van der Waals surface area contributed by atoms with Gasteiger partial charge in [-0.2, -0.15) is 0 Å². The summed E-state index contributed by atoms with van der Waals surface area (Å²) in [6.07, 6.45) is 7.83. The number of hydrogen-bond donors (Lipinski definition) is 0. The van der Waals surface area contributed by atoms with Gasteiger partial charge in [0.2, 0.25) is 0 Å². The zero-order valence-corrected chi connectivity index (χ0v) is 12.1. The van der Waals surface area contributed by atoms with E-state index in [4.69, 9.17) is 4.74 Å². The van der Waals surface area contributed by atoms with Crippen molar-refractivity contribution in [2.75, 3.05) is 7.11 Å². The lowest BCUT2D eigenvalue weighted by Gasteiger charge is -2.13. The Morgan fingerprint density at radius 2 is 2.05 bits per heavy atom. The molecule has 0 bridgehead atoms. The van der Waals surface area contributed by atoms with Crippen molar-refractivity contribution < 1.29 is 4.74 Å². The van der Waals surface area contributed by atoms with Crippen LogP contribution < -0.4 is 4.74 Å². The highest BCUT2D eigenvalue weighted by molar-refractivity contribution is 5.41. The van der Waals surface area contributed by atoms with Crippen molar-refractivity contribution in [1.29, 1.82) is 0 Å². The minimum Gasteiger partial charge on any atom is -0.496 e. The van der Waals surface area contributed by atoms with E-state index in [1.807, 2.05) is 25.5 Å². The van der Waals surface area contributed by atoms with E-state index >= 15 is 0 Å². The largest absolute Gasteiger partial charge is 0.496 e. The van der Waals surface area contributed by atoms with Crippen LogP contribution in [-0.2, 0) is 13.0 Å². The predicted molar refractivity (Wildman–Crippen MR) is 75.6 cm³/mol. The minimum atomic E-state index is 0.748. The van der Waals surface area contributed by atoms with E-state index in [1.54, 1.807) is 7.11 Å². The van der Waals surface area contributed by atoms with Gasteiger partial charge in [0.25, 0.3) is 0 Å². The van der Waals surface area contributed by atoms with Gasteiger partial charge in [-0.05, 0) is 20.3 Å². The van der Waals surface area contributed by atoms with Crippen LogP contribution >= 0.6 is 0 Å². The molecule has 0 N–H and O–H groups in total. The molecular weight excluding hydrogens is 238 g/mol. The molecule has 0 fully saturated rings. The smallest absolute Gasteiger partial charge is 0.128 e. The lowest BCUT2D eigenvalue weighted by atomic mass is 10.1. The van der Waals surface area contributed by atoms with Crippen molar-refractivity contribution in [3.8, 4) is 5.75 Å². The van der Waals surface area contributed by atoms with Gasteiger partial charge in [-0.3, -0.25) is 4.98 Å². The van der Waals surface area contributed by atoms with E-state index < -0.39 is 0 Å². The normalized spacial score (nSPS) is 10.7. The number of hydrogen-bond acceptors (Lipinski definition) is 3. The van der Waals surface area contributed by atoms with Crippen LogP contribution in [-0.4, -0.2) is 21.6 Å². The summed E-state index contributed by atoms with van der Waals surface area (Å²) in [4.78, 5) is 8.93. The molecule has 0 aliphatic carbocycles. The summed E-state index contributed by atoms with van der Waals surface area (Å²) in [5.41, 5.74) is 3.22. The first kappa shape index (κ1) is 13.6. The van der Waals surface area contributed by atoms with Gasteiger partial charge in [0, 0.05) is 36.1 Å². The van der Waals surface area contributed by atoms with Crippen molar-refractivity contribution in [1.82, 2.24) is 14.5 Å². The number of pyridine rings is 1. The first-order valence-electron chi connectivity index (χ1n) is 6.66. The van der Waals surface area contributed by atoms with Crippen molar-refractivity contribution in [3.63, 3.8) is 0 Å². The van der Waals surface area contributed by atoms with Gasteiger partial charge in [0.1, 0.15) is 11.6 Å². The Hall–Kier alpha value is -1.84. The molecule has 4 heteroatoms. The number of aromatic nitrogens is 3. The monoisotopic (exact) mass is 259 g/mol. The van der Waals surface area contributed by atoms with Crippen LogP contribution in [0.4, 0.5) is 0 Å². The molecule has 0 aliphatic rings. The molecule has 2 aromatic heterocycles. The molecule has 0 radical (unpaired) electrons. The maximum Gasteiger partial charge on any atom is 0.128 e. The number of aryl methyl sites for hydroxylation is 2. The second-order valence-electron chi connectivity index (χ2n) is 4.77. The highest BCUT2D eigenvalue weighted by atomic mass is 16.5. The molecule has 0 atom stereocenters. The summed E-state index contributed by atoms with van der Waals surface area (Å²) in [7, 11) is 1.71. The molecule has 0 saturated carbocycles. The van der Waals surface area contributed by atoms with E-state index in [9.17, 15) is 0 Å². The van der Waals surface area contributed by atoms with Crippen LogP contribution in [0.25, 0.3) is 0 Å². The third-order valence-electron chi connectivity index (χ3n) is 3.35. The van der Waals surface area contributed by atoms with Crippen LogP contribution in [0.2, 0.25) is 0 Å². The second kappa shape index (κ2) is 5.87. The third kappa shape index (κ3) is 2.78. The van der Waals surface area contributed by atoms with E-state index in [-0.39, 0.29) is 0 Å². The summed E-state index contributed by atoms with van der Waals surface area (Å²) in [6, 6.07) is 0. The maximum absolute atomic E-state index is 5.45. The molecule has 0 saturated heterocycles. The molecule has 19 heavy (non-hydrogen) atoms. The summed E-state index contributed by atoms with van der Waals surface area (Å²) >= 11 is 0. The summed E-state index contributed by atoms with van der Waals surface area (Å²) in [5.74, 6) is 2.05. The Morgan fingerprint density at radius 1 is 1.26 bits per heavy atom. The lowest BCUT2D eigenvalue weighted by Crippen LogP contribution is -2.08.